The summed E-state index contributed by atoms with van der Waals surface area (Å²) in [5.74, 6) is -1.17. The van der Waals surface area contributed by atoms with E-state index in [2.05, 4.69) is 30.7 Å². The fourth-order valence-electron chi connectivity index (χ4n) is 5.81. The quantitative estimate of drug-likeness (QED) is 0.0138. The average molecular weight is 969 g/mol. The fraction of sp³-hybridized carbons (Fsp3) is 0. The number of benzene rings is 6. The molecule has 0 atom stereocenters. The monoisotopic (exact) mass is 968 g/mol. The molecule has 0 saturated carbocycles. The SMILES string of the molecule is Nc1ccc(N=Nc2ccc(/C=C/c3ccc(N=Nc4c(S(=O)(=O)O)cc5cc(S(=O)(=O)O)c(N=Nc6ccc([N+](=O)[O-])cc6)c(N)c5c4O)cc3S(=O)(=O)O)c(S(=O)(=O)O)c2)c(N)c1. The molecule has 336 valence electrons. The van der Waals surface area contributed by atoms with Crippen molar-refractivity contribution in [3.05, 3.63) is 112 Å². The summed E-state index contributed by atoms with van der Waals surface area (Å²) in [5, 5.41) is 44.1. The average Bonchev–Trinajstić information content (AvgIpc) is 3.20. The van der Waals surface area contributed by atoms with Gasteiger partial charge in [-0.15, -0.1) is 15.3 Å². The molecule has 0 heterocycles. The van der Waals surface area contributed by atoms with Crippen molar-refractivity contribution < 1.29 is 61.9 Å². The molecule has 0 aliphatic rings. The van der Waals surface area contributed by atoms with Gasteiger partial charge in [0.05, 0.1) is 38.7 Å². The predicted molar refractivity (Wildman–Crippen MR) is 232 cm³/mol. The van der Waals surface area contributed by atoms with E-state index in [0.717, 1.165) is 60.7 Å². The van der Waals surface area contributed by atoms with Crippen molar-refractivity contribution in [3.8, 4) is 5.75 Å². The van der Waals surface area contributed by atoms with Crippen LogP contribution in [0.1, 0.15) is 11.1 Å². The van der Waals surface area contributed by atoms with Gasteiger partial charge in [0, 0.05) is 17.8 Å². The van der Waals surface area contributed by atoms with Crippen LogP contribution in [0.4, 0.5) is 56.9 Å². The summed E-state index contributed by atoms with van der Waals surface area (Å²) in [7, 11) is -20.7. The molecule has 25 nitrogen and oxygen atoms in total. The van der Waals surface area contributed by atoms with Crippen LogP contribution in [0.2, 0.25) is 0 Å². The lowest BCUT2D eigenvalue weighted by molar-refractivity contribution is -0.384. The number of nitrogens with zero attached hydrogens (tertiary/aromatic N) is 7. The molecule has 0 aliphatic carbocycles. The van der Waals surface area contributed by atoms with Gasteiger partial charge in [-0.1, -0.05) is 24.3 Å². The van der Waals surface area contributed by atoms with Crippen molar-refractivity contribution >= 4 is 120 Å². The van der Waals surface area contributed by atoms with Crippen LogP contribution in [0.5, 0.6) is 5.75 Å². The van der Waals surface area contributed by atoms with E-state index in [4.69, 9.17) is 17.2 Å². The number of nitrogens with two attached hydrogens (primary N) is 3. The summed E-state index contributed by atoms with van der Waals surface area (Å²) < 4.78 is 140. The summed E-state index contributed by atoms with van der Waals surface area (Å²) >= 11 is 0. The van der Waals surface area contributed by atoms with Gasteiger partial charge >= 0.3 is 0 Å². The van der Waals surface area contributed by atoms with Crippen molar-refractivity contribution in [2.75, 3.05) is 17.2 Å². The fourth-order valence-corrected chi connectivity index (χ4v) is 8.54. The topological polar surface area (TPSA) is 433 Å². The van der Waals surface area contributed by atoms with Crippen LogP contribution in [-0.4, -0.2) is 61.9 Å². The largest absolute Gasteiger partial charge is 0.505 e. The maximum atomic E-state index is 12.5. The highest BCUT2D eigenvalue weighted by Gasteiger charge is 2.28. The molecule has 0 aliphatic heterocycles. The Morgan fingerprint density at radius 2 is 0.969 bits per heavy atom. The molecule has 0 bridgehead atoms. The van der Waals surface area contributed by atoms with Gasteiger partial charge in [-0.25, -0.2) is 0 Å². The molecule has 65 heavy (non-hydrogen) atoms. The highest BCUT2D eigenvalue weighted by Crippen LogP contribution is 2.48. The van der Waals surface area contributed by atoms with Gasteiger partial charge in [0.1, 0.15) is 36.6 Å². The van der Waals surface area contributed by atoms with E-state index in [1.807, 2.05) is 0 Å². The molecule has 0 aromatic heterocycles. The molecule has 0 radical (unpaired) electrons. The van der Waals surface area contributed by atoms with Gasteiger partial charge in [0.15, 0.2) is 5.75 Å². The third-order valence-corrected chi connectivity index (χ3v) is 12.3. The standard InChI is InChI=1S/C36H28N10O15S4/c37-21-5-12-27(26(38)15-21)43-41-23-6-3-18(28(16-23)62(50,51)52)1-2-19-4-7-24(17-29(19)63(53,54)55)42-45-35-31(65(59,60)61)14-20-13-30(64(56,57)58)34(33(39)32(20)36(35)47)44-40-22-8-10-25(11-9-22)46(48)49/h1-17,47H,37-39H2,(H,50,51,52)(H,53,54,55)(H,56,57,58)(H,59,60,61)/b2-1+,43-41?,44-40?,45-42?. The molecule has 0 fully saturated rings. The minimum absolute atomic E-state index is 0.0508. The van der Waals surface area contributed by atoms with Gasteiger partial charge in [-0.05, 0) is 83.2 Å². The Balaban J connectivity index is 1.41. The number of nitro benzene ring substituents is 1. The van der Waals surface area contributed by atoms with E-state index in [1.54, 1.807) is 0 Å². The normalized spacial score (nSPS) is 12.9. The summed E-state index contributed by atoms with van der Waals surface area (Å²) in [5.41, 5.74) is 14.5. The zero-order valence-electron chi connectivity index (χ0n) is 32.1. The molecule has 6 rings (SSSR count). The van der Waals surface area contributed by atoms with Gasteiger partial charge in [0.25, 0.3) is 46.2 Å². The summed E-state index contributed by atoms with van der Waals surface area (Å²) in [6.45, 7) is 0. The number of phenols is 1. The molecular formula is C36H28N10O15S4. The minimum Gasteiger partial charge on any atom is -0.505 e. The van der Waals surface area contributed by atoms with Crippen molar-refractivity contribution in [2.24, 2.45) is 30.7 Å². The smallest absolute Gasteiger partial charge is 0.296 e. The van der Waals surface area contributed by atoms with Crippen LogP contribution in [0.15, 0.2) is 141 Å². The number of phenolic OH excluding ortho intramolecular Hbond substituents is 1. The van der Waals surface area contributed by atoms with E-state index >= 15 is 0 Å². The number of hydrogen-bond donors (Lipinski definition) is 8. The molecule has 6 aromatic rings. The molecular weight excluding hydrogens is 941 g/mol. The van der Waals surface area contributed by atoms with Crippen molar-refractivity contribution in [2.45, 2.75) is 19.6 Å². The highest BCUT2D eigenvalue weighted by atomic mass is 32.2. The van der Waals surface area contributed by atoms with Crippen LogP contribution in [0, 0.1) is 10.1 Å². The lowest BCUT2D eigenvalue weighted by atomic mass is 10.1. The maximum absolute atomic E-state index is 12.5. The Kier molecular flexibility index (Phi) is 12.6. The third kappa shape index (κ3) is 10.6. The number of aromatic hydroxyl groups is 1. The molecule has 0 unspecified atom stereocenters. The van der Waals surface area contributed by atoms with Crippen LogP contribution in [-0.2, 0) is 40.5 Å². The molecule has 29 heteroatoms. The van der Waals surface area contributed by atoms with Gasteiger partial charge in [-0.3, -0.25) is 28.3 Å². The van der Waals surface area contributed by atoms with Gasteiger partial charge in [0.2, 0.25) is 0 Å². The summed E-state index contributed by atoms with van der Waals surface area (Å²) in [6, 6.07) is 16.3. The van der Waals surface area contributed by atoms with E-state index in [0.29, 0.717) is 17.8 Å². The Morgan fingerprint density at radius 3 is 1.45 bits per heavy atom. The van der Waals surface area contributed by atoms with Crippen LogP contribution < -0.4 is 17.2 Å². The second-order valence-corrected chi connectivity index (χ2v) is 18.7. The number of nitrogen functional groups attached to an aromatic ring is 3. The first-order chi connectivity index (χ1) is 30.2. The molecule has 0 amide bonds. The Bertz CT molecular complexity index is 3570. The number of rotatable bonds is 13. The van der Waals surface area contributed by atoms with Crippen LogP contribution in [0.3, 0.4) is 0 Å². The maximum Gasteiger partial charge on any atom is 0.296 e. The van der Waals surface area contributed by atoms with Crippen LogP contribution in [0.25, 0.3) is 22.9 Å². The Labute approximate surface area is 366 Å². The van der Waals surface area contributed by atoms with E-state index in [1.165, 1.54) is 30.3 Å². The zero-order valence-corrected chi connectivity index (χ0v) is 35.4. The minimum atomic E-state index is -5.37. The van der Waals surface area contributed by atoms with Crippen molar-refractivity contribution in [1.82, 2.24) is 0 Å². The number of non-ortho nitro benzene ring substituents is 1. The third-order valence-electron chi connectivity index (χ3n) is 8.78. The predicted octanol–water partition coefficient (Wildman–Crippen LogP) is 7.60. The van der Waals surface area contributed by atoms with Gasteiger partial charge in [-0.2, -0.15) is 49.0 Å². The van der Waals surface area contributed by atoms with Gasteiger partial charge < -0.3 is 22.3 Å². The highest BCUT2D eigenvalue weighted by molar-refractivity contribution is 7.86. The second-order valence-electron chi connectivity index (χ2n) is 13.2. The first-order valence-corrected chi connectivity index (χ1v) is 23.1. The second kappa shape index (κ2) is 17.5. The molecule has 0 spiro atoms. The number of azo groups is 3. The molecule has 0 saturated heterocycles. The first-order valence-electron chi connectivity index (χ1n) is 17.4. The van der Waals surface area contributed by atoms with E-state index in [9.17, 15) is 67.1 Å². The number of fused-ring (bicyclic) bond motifs is 1. The summed E-state index contributed by atoms with van der Waals surface area (Å²) in [6.07, 6.45) is 2.10. The van der Waals surface area contributed by atoms with Crippen LogP contribution >= 0.6 is 0 Å². The number of anilines is 3. The lowest BCUT2D eigenvalue weighted by Gasteiger charge is -2.14. The summed E-state index contributed by atoms with van der Waals surface area (Å²) in [4.78, 5) is 6.50. The van der Waals surface area contributed by atoms with Crippen molar-refractivity contribution in [1.29, 1.82) is 0 Å². The first kappa shape index (κ1) is 46.9. The molecule has 6 aromatic carbocycles. The molecule has 11 N–H and O–H groups in total. The zero-order chi connectivity index (χ0) is 47.8. The van der Waals surface area contributed by atoms with Crippen molar-refractivity contribution in [3.63, 3.8) is 0 Å². The Hall–Kier alpha value is -7.64. The van der Waals surface area contributed by atoms with E-state index in [-0.39, 0.29) is 39.6 Å². The number of nitro groups is 1. The number of hydrogen-bond acceptors (Lipinski definition) is 20. The lowest BCUT2D eigenvalue weighted by Crippen LogP contribution is -2.03. The Morgan fingerprint density at radius 1 is 0.523 bits per heavy atom. The van der Waals surface area contributed by atoms with E-state index < -0.39 is 104 Å².